The molecule has 150 valence electrons. The van der Waals surface area contributed by atoms with Gasteiger partial charge in [-0.05, 0) is 84.0 Å². The van der Waals surface area contributed by atoms with Crippen molar-refractivity contribution < 1.29 is 9.53 Å². The van der Waals surface area contributed by atoms with E-state index >= 15 is 0 Å². The highest BCUT2D eigenvalue weighted by molar-refractivity contribution is 5.87. The molecule has 2 heterocycles. The van der Waals surface area contributed by atoms with Gasteiger partial charge in [-0.25, -0.2) is 9.78 Å². The summed E-state index contributed by atoms with van der Waals surface area (Å²) in [6, 6.07) is 4.85. The third kappa shape index (κ3) is 5.01. The molecule has 5 nitrogen and oxygen atoms in total. The van der Waals surface area contributed by atoms with E-state index in [0.717, 1.165) is 31.6 Å². The molecule has 0 radical (unpaired) electrons. The molecule has 1 aromatic rings. The van der Waals surface area contributed by atoms with Crippen LogP contribution in [0.15, 0.2) is 18.3 Å². The van der Waals surface area contributed by atoms with Crippen molar-refractivity contribution in [2.75, 3.05) is 18.0 Å². The van der Waals surface area contributed by atoms with Gasteiger partial charge in [0.05, 0.1) is 0 Å². The van der Waals surface area contributed by atoms with Gasteiger partial charge in [0.25, 0.3) is 0 Å². The number of hydrogen-bond acceptors (Lipinski definition) is 4. The number of hydrogen-bond donors (Lipinski definition) is 0. The summed E-state index contributed by atoms with van der Waals surface area (Å²) < 4.78 is 5.64. The predicted octanol–water partition coefficient (Wildman–Crippen LogP) is 5.31. The van der Waals surface area contributed by atoms with Crippen molar-refractivity contribution in [2.45, 2.75) is 90.3 Å². The number of anilines is 1. The first-order valence-electron chi connectivity index (χ1n) is 10.6. The fourth-order valence-electron chi connectivity index (χ4n) is 3.96. The second-order valence-electron chi connectivity index (χ2n) is 8.93. The van der Waals surface area contributed by atoms with Gasteiger partial charge in [-0.15, -0.1) is 0 Å². The van der Waals surface area contributed by atoms with E-state index in [1.807, 2.05) is 33.0 Å². The number of amides is 1. The number of rotatable bonds is 6. The third-order valence-electron chi connectivity index (χ3n) is 5.59. The van der Waals surface area contributed by atoms with Gasteiger partial charge in [-0.1, -0.05) is 19.4 Å². The van der Waals surface area contributed by atoms with Gasteiger partial charge in [-0.3, -0.25) is 9.80 Å². The molecule has 0 N–H and O–H groups in total. The van der Waals surface area contributed by atoms with Crippen LogP contribution in [0.4, 0.5) is 10.6 Å². The van der Waals surface area contributed by atoms with Gasteiger partial charge < -0.3 is 4.74 Å². The van der Waals surface area contributed by atoms with E-state index in [1.54, 1.807) is 4.90 Å². The molecule has 1 aromatic heterocycles. The first kappa shape index (κ1) is 20.1. The lowest BCUT2D eigenvalue weighted by molar-refractivity contribution is 0.0548. The van der Waals surface area contributed by atoms with Crippen molar-refractivity contribution in [1.82, 2.24) is 9.88 Å². The van der Waals surface area contributed by atoms with E-state index in [-0.39, 0.29) is 12.1 Å². The maximum atomic E-state index is 12.8. The van der Waals surface area contributed by atoms with Gasteiger partial charge in [-0.2, -0.15) is 0 Å². The summed E-state index contributed by atoms with van der Waals surface area (Å²) in [6.45, 7) is 10.3. The van der Waals surface area contributed by atoms with Crippen LogP contribution in [0.25, 0.3) is 0 Å². The van der Waals surface area contributed by atoms with Crippen molar-refractivity contribution in [3.05, 3.63) is 23.9 Å². The number of unbranched alkanes of at least 4 members (excludes halogenated alkanes) is 1. The smallest absolute Gasteiger partial charge is 0.416 e. The Morgan fingerprint density at radius 1 is 1.26 bits per heavy atom. The van der Waals surface area contributed by atoms with Crippen LogP contribution in [0.5, 0.6) is 0 Å². The molecule has 1 atom stereocenters. The molecule has 0 bridgehead atoms. The van der Waals surface area contributed by atoms with Crippen molar-refractivity contribution in [3.8, 4) is 0 Å². The Hall–Kier alpha value is -1.62. The molecule has 0 aromatic carbocycles. The zero-order valence-corrected chi connectivity index (χ0v) is 17.4. The van der Waals surface area contributed by atoms with Crippen LogP contribution >= 0.6 is 0 Å². The maximum absolute atomic E-state index is 12.8. The van der Waals surface area contributed by atoms with Crippen molar-refractivity contribution in [3.63, 3.8) is 0 Å². The van der Waals surface area contributed by atoms with Crippen LogP contribution in [-0.2, 0) is 4.74 Å². The molecule has 1 saturated heterocycles. The van der Waals surface area contributed by atoms with Crippen LogP contribution in [0.1, 0.15) is 84.2 Å². The summed E-state index contributed by atoms with van der Waals surface area (Å²) in [5.41, 5.74) is 0.771. The molecule has 2 fully saturated rings. The van der Waals surface area contributed by atoms with E-state index in [1.165, 1.54) is 37.8 Å². The Morgan fingerprint density at radius 2 is 2.04 bits per heavy atom. The zero-order valence-electron chi connectivity index (χ0n) is 17.4. The first-order valence-corrected chi connectivity index (χ1v) is 10.6. The van der Waals surface area contributed by atoms with Crippen LogP contribution < -0.4 is 4.90 Å². The minimum absolute atomic E-state index is 0.214. The number of carbonyl (C=O) groups excluding carboxylic acids is 1. The summed E-state index contributed by atoms with van der Waals surface area (Å²) in [5, 5.41) is 0. The van der Waals surface area contributed by atoms with Crippen molar-refractivity contribution in [1.29, 1.82) is 0 Å². The topological polar surface area (TPSA) is 45.7 Å². The molecular weight excluding hydrogens is 338 g/mol. The Labute approximate surface area is 164 Å². The van der Waals surface area contributed by atoms with Gasteiger partial charge >= 0.3 is 6.09 Å². The van der Waals surface area contributed by atoms with Gasteiger partial charge in [0.15, 0.2) is 0 Å². The van der Waals surface area contributed by atoms with Gasteiger partial charge in [0, 0.05) is 18.3 Å². The highest BCUT2D eigenvalue weighted by Crippen LogP contribution is 2.34. The SMILES string of the molecule is CCCCN1CCC[C@@H]1c1ccc(N(C(=O)OC(C)(C)C)C2CCC2)nc1. The Kier molecular flexibility index (Phi) is 6.40. The average molecular weight is 374 g/mol. The maximum Gasteiger partial charge on any atom is 0.416 e. The van der Waals surface area contributed by atoms with E-state index in [0.29, 0.717) is 6.04 Å². The predicted molar refractivity (Wildman–Crippen MR) is 109 cm³/mol. The number of ether oxygens (including phenoxy) is 1. The standard InChI is InChI=1S/C22H35N3O2/c1-5-6-14-24-15-8-11-19(24)17-12-13-20(23-16-17)25(18-9-7-10-18)21(26)27-22(2,3)4/h12-13,16,18-19H,5-11,14-15H2,1-4H3/t19-/m1/s1. The van der Waals surface area contributed by atoms with E-state index in [2.05, 4.69) is 17.9 Å². The largest absolute Gasteiger partial charge is 0.443 e. The van der Waals surface area contributed by atoms with Crippen LogP contribution in [0, 0.1) is 0 Å². The second kappa shape index (κ2) is 8.59. The lowest BCUT2D eigenvalue weighted by Gasteiger charge is -2.37. The Balaban J connectivity index is 1.74. The summed E-state index contributed by atoms with van der Waals surface area (Å²) in [7, 11) is 0. The summed E-state index contributed by atoms with van der Waals surface area (Å²) in [5.74, 6) is 0.718. The van der Waals surface area contributed by atoms with Gasteiger partial charge in [0.2, 0.25) is 0 Å². The van der Waals surface area contributed by atoms with Crippen LogP contribution in [-0.4, -0.2) is 40.7 Å². The van der Waals surface area contributed by atoms with Crippen molar-refractivity contribution >= 4 is 11.9 Å². The minimum Gasteiger partial charge on any atom is -0.443 e. The monoisotopic (exact) mass is 373 g/mol. The van der Waals surface area contributed by atoms with E-state index in [9.17, 15) is 4.79 Å². The molecule has 5 heteroatoms. The average Bonchev–Trinajstić information content (AvgIpc) is 3.03. The summed E-state index contributed by atoms with van der Waals surface area (Å²) >= 11 is 0. The Bertz CT molecular complexity index is 619. The normalized spacial score (nSPS) is 21.1. The number of likely N-dealkylation sites (tertiary alicyclic amines) is 1. The molecule has 1 aliphatic carbocycles. The van der Waals surface area contributed by atoms with Crippen LogP contribution in [0.2, 0.25) is 0 Å². The molecule has 3 rings (SSSR count). The fraction of sp³-hybridized carbons (Fsp3) is 0.727. The number of nitrogens with zero attached hydrogens (tertiary/aromatic N) is 3. The van der Waals surface area contributed by atoms with Crippen molar-refractivity contribution in [2.24, 2.45) is 0 Å². The lowest BCUT2D eigenvalue weighted by Crippen LogP contribution is -2.47. The summed E-state index contributed by atoms with van der Waals surface area (Å²) in [6.07, 6.45) is 9.83. The quantitative estimate of drug-likeness (QED) is 0.678. The zero-order chi connectivity index (χ0) is 19.4. The molecule has 0 unspecified atom stereocenters. The molecule has 1 saturated carbocycles. The Morgan fingerprint density at radius 3 is 2.59 bits per heavy atom. The summed E-state index contributed by atoms with van der Waals surface area (Å²) in [4.78, 5) is 21.8. The molecule has 27 heavy (non-hydrogen) atoms. The number of carbonyl (C=O) groups is 1. The highest BCUT2D eigenvalue weighted by atomic mass is 16.6. The lowest BCUT2D eigenvalue weighted by atomic mass is 9.91. The van der Waals surface area contributed by atoms with Crippen LogP contribution in [0.3, 0.4) is 0 Å². The fourth-order valence-corrected chi connectivity index (χ4v) is 3.96. The highest BCUT2D eigenvalue weighted by Gasteiger charge is 2.34. The van der Waals surface area contributed by atoms with Gasteiger partial charge in [0.1, 0.15) is 11.4 Å². The minimum atomic E-state index is -0.497. The number of pyridine rings is 1. The molecule has 1 amide bonds. The second-order valence-corrected chi connectivity index (χ2v) is 8.93. The first-order chi connectivity index (χ1) is 12.9. The van der Waals surface area contributed by atoms with E-state index < -0.39 is 5.60 Å². The molecule has 2 aliphatic rings. The van der Waals surface area contributed by atoms with E-state index in [4.69, 9.17) is 9.72 Å². The number of aromatic nitrogens is 1. The molecule has 1 aliphatic heterocycles. The third-order valence-corrected chi connectivity index (χ3v) is 5.59. The molecule has 0 spiro atoms. The molecular formula is C22H35N3O2.